The monoisotopic (exact) mass is 393 g/mol. The number of aromatic nitrogens is 2. The highest BCUT2D eigenvalue weighted by Crippen LogP contribution is 2.25. The average molecular weight is 394 g/mol. The number of benzene rings is 1. The second kappa shape index (κ2) is 8.90. The number of hydrogen-bond donors (Lipinski definition) is 1. The van der Waals surface area contributed by atoms with E-state index in [1.807, 2.05) is 39.8 Å². The van der Waals surface area contributed by atoms with Crippen LogP contribution in [-0.4, -0.2) is 28.0 Å². The second-order valence-corrected chi connectivity index (χ2v) is 7.25. The van der Waals surface area contributed by atoms with E-state index in [9.17, 15) is 9.59 Å². The van der Waals surface area contributed by atoms with Crippen LogP contribution in [0.2, 0.25) is 5.02 Å². The van der Waals surface area contributed by atoms with Crippen LogP contribution in [0.15, 0.2) is 35.3 Å². The third kappa shape index (κ3) is 6.29. The number of aryl methyl sites for hydroxylation is 1. The van der Waals surface area contributed by atoms with E-state index in [0.717, 1.165) is 5.56 Å². The van der Waals surface area contributed by atoms with E-state index in [-0.39, 0.29) is 16.3 Å². The maximum atomic E-state index is 12.0. The van der Waals surface area contributed by atoms with Crippen molar-refractivity contribution >= 4 is 17.7 Å². The van der Waals surface area contributed by atoms with Gasteiger partial charge < -0.3 is 14.8 Å². The van der Waals surface area contributed by atoms with E-state index < -0.39 is 11.7 Å². The van der Waals surface area contributed by atoms with Crippen LogP contribution in [0.4, 0.5) is 4.79 Å². The summed E-state index contributed by atoms with van der Waals surface area (Å²) in [5, 5.41) is 6.71. The molecule has 1 N–H and O–H groups in total. The molecule has 27 heavy (non-hydrogen) atoms. The topological polar surface area (TPSA) is 82.4 Å². The summed E-state index contributed by atoms with van der Waals surface area (Å²) in [6, 6.07) is 7.29. The second-order valence-electron chi connectivity index (χ2n) is 6.87. The summed E-state index contributed by atoms with van der Waals surface area (Å²) >= 11 is 6.05. The Hall–Kier alpha value is -2.54. The van der Waals surface area contributed by atoms with E-state index in [4.69, 9.17) is 21.1 Å². The summed E-state index contributed by atoms with van der Waals surface area (Å²) in [7, 11) is 0. The fraction of sp³-hybridized carbons (Fsp3) is 0.421. The minimum absolute atomic E-state index is 0.00233. The molecule has 0 saturated carbocycles. The van der Waals surface area contributed by atoms with Crippen LogP contribution in [0, 0.1) is 0 Å². The van der Waals surface area contributed by atoms with Gasteiger partial charge in [-0.2, -0.15) is 5.10 Å². The molecule has 0 unspecified atom stereocenters. The summed E-state index contributed by atoms with van der Waals surface area (Å²) in [5.74, 6) is 0.752. The molecule has 0 spiro atoms. The van der Waals surface area contributed by atoms with Crippen LogP contribution in [-0.2, 0) is 17.7 Å². The van der Waals surface area contributed by atoms with Gasteiger partial charge in [0.2, 0.25) is 0 Å². The molecule has 1 amide bonds. The number of nitrogens with one attached hydrogen (secondary N) is 1. The molecule has 0 atom stereocenters. The maximum Gasteiger partial charge on any atom is 0.407 e. The largest absolute Gasteiger partial charge is 0.454 e. The lowest BCUT2D eigenvalue weighted by Crippen LogP contribution is -2.33. The van der Waals surface area contributed by atoms with Crippen LogP contribution in [0.5, 0.6) is 11.5 Å². The van der Waals surface area contributed by atoms with E-state index in [2.05, 4.69) is 10.4 Å². The molecule has 1 aromatic carbocycles. The first-order valence-corrected chi connectivity index (χ1v) is 9.06. The third-order valence-corrected chi connectivity index (χ3v) is 3.83. The van der Waals surface area contributed by atoms with E-state index in [0.29, 0.717) is 25.3 Å². The predicted molar refractivity (Wildman–Crippen MR) is 104 cm³/mol. The molecular formula is C19H24ClN3O4. The minimum Gasteiger partial charge on any atom is -0.454 e. The molecule has 8 heteroatoms. The van der Waals surface area contributed by atoms with Gasteiger partial charge in [0.1, 0.15) is 11.4 Å². The molecule has 0 aliphatic carbocycles. The lowest BCUT2D eigenvalue weighted by Gasteiger charge is -2.19. The first-order valence-electron chi connectivity index (χ1n) is 8.69. The molecule has 0 saturated heterocycles. The van der Waals surface area contributed by atoms with Crippen molar-refractivity contribution in [3.05, 3.63) is 51.4 Å². The van der Waals surface area contributed by atoms with Crippen LogP contribution in [0.3, 0.4) is 0 Å². The Balaban J connectivity index is 1.91. The molecule has 0 fully saturated rings. The van der Waals surface area contributed by atoms with Gasteiger partial charge in [0.15, 0.2) is 10.8 Å². The summed E-state index contributed by atoms with van der Waals surface area (Å²) < 4.78 is 12.1. The van der Waals surface area contributed by atoms with Gasteiger partial charge in [-0.25, -0.2) is 9.48 Å². The van der Waals surface area contributed by atoms with E-state index in [1.54, 1.807) is 12.1 Å². The molecule has 2 rings (SSSR count). The highest BCUT2D eigenvalue weighted by atomic mass is 35.5. The molecular weight excluding hydrogens is 370 g/mol. The first kappa shape index (κ1) is 20.8. The molecule has 7 nitrogen and oxygen atoms in total. The number of carbonyl (C=O) groups excluding carboxylic acids is 1. The molecule has 1 aromatic heterocycles. The smallest absolute Gasteiger partial charge is 0.407 e. The Morgan fingerprint density at radius 2 is 1.93 bits per heavy atom. The van der Waals surface area contributed by atoms with Gasteiger partial charge in [-0.1, -0.05) is 23.7 Å². The maximum absolute atomic E-state index is 12.0. The number of carbonyl (C=O) groups is 1. The highest BCUT2D eigenvalue weighted by Gasteiger charge is 2.15. The standard InChI is InChI=1S/C19H24ClN3O4/c1-5-23-17(24)16(20)15(12-22-23)26-14-8-6-13(7-9-14)10-11-21-18(25)27-19(2,3)4/h6-9,12H,5,10-11H2,1-4H3,(H,21,25). The van der Waals surface area contributed by atoms with Crippen LogP contribution >= 0.6 is 11.6 Å². The highest BCUT2D eigenvalue weighted by molar-refractivity contribution is 6.31. The SMILES string of the molecule is CCn1ncc(Oc2ccc(CCNC(=O)OC(C)(C)C)cc2)c(Cl)c1=O. The Bertz CT molecular complexity index is 842. The normalized spacial score (nSPS) is 11.1. The van der Waals surface area contributed by atoms with Crippen LogP contribution in [0.1, 0.15) is 33.3 Å². The van der Waals surface area contributed by atoms with Crippen LogP contribution < -0.4 is 15.6 Å². The zero-order valence-electron chi connectivity index (χ0n) is 15.9. The fourth-order valence-corrected chi connectivity index (χ4v) is 2.41. The summed E-state index contributed by atoms with van der Waals surface area (Å²) in [5.41, 5.74) is 0.113. The van der Waals surface area contributed by atoms with Gasteiger partial charge in [-0.15, -0.1) is 0 Å². The van der Waals surface area contributed by atoms with Gasteiger partial charge in [-0.05, 0) is 51.8 Å². The number of ether oxygens (including phenoxy) is 2. The lowest BCUT2D eigenvalue weighted by molar-refractivity contribution is 0.0528. The number of nitrogens with zero attached hydrogens (tertiary/aromatic N) is 2. The van der Waals surface area contributed by atoms with Crippen molar-refractivity contribution in [2.45, 2.75) is 46.3 Å². The van der Waals surface area contributed by atoms with Crippen molar-refractivity contribution in [1.82, 2.24) is 15.1 Å². The Kier molecular flexibility index (Phi) is 6.85. The van der Waals surface area contributed by atoms with Crippen molar-refractivity contribution in [2.24, 2.45) is 0 Å². The molecule has 1 heterocycles. The molecule has 2 aromatic rings. The Labute approximate surface area is 163 Å². The van der Waals surface area contributed by atoms with Crippen molar-refractivity contribution < 1.29 is 14.3 Å². The number of rotatable bonds is 6. The van der Waals surface area contributed by atoms with E-state index in [1.165, 1.54) is 10.9 Å². The predicted octanol–water partition coefficient (Wildman–Crippen LogP) is 3.78. The van der Waals surface area contributed by atoms with Crippen molar-refractivity contribution in [3.8, 4) is 11.5 Å². The number of alkyl carbamates (subject to hydrolysis) is 1. The number of amides is 1. The zero-order chi connectivity index (χ0) is 20.0. The minimum atomic E-state index is -0.517. The van der Waals surface area contributed by atoms with Gasteiger partial charge in [0, 0.05) is 13.1 Å². The molecule has 146 valence electrons. The molecule has 0 aliphatic rings. The van der Waals surface area contributed by atoms with Gasteiger partial charge >= 0.3 is 6.09 Å². The number of hydrogen-bond acceptors (Lipinski definition) is 5. The van der Waals surface area contributed by atoms with Gasteiger partial charge in [-0.3, -0.25) is 4.79 Å². The first-order chi connectivity index (χ1) is 12.7. The van der Waals surface area contributed by atoms with Crippen molar-refractivity contribution in [3.63, 3.8) is 0 Å². The average Bonchev–Trinajstić information content (AvgIpc) is 2.59. The fourth-order valence-electron chi connectivity index (χ4n) is 2.22. The summed E-state index contributed by atoms with van der Waals surface area (Å²) in [4.78, 5) is 23.6. The lowest BCUT2D eigenvalue weighted by atomic mass is 10.1. The summed E-state index contributed by atoms with van der Waals surface area (Å²) in [6.45, 7) is 8.15. The van der Waals surface area contributed by atoms with Crippen LogP contribution in [0.25, 0.3) is 0 Å². The van der Waals surface area contributed by atoms with Gasteiger partial charge in [0.25, 0.3) is 5.56 Å². The molecule has 0 bridgehead atoms. The third-order valence-electron chi connectivity index (χ3n) is 3.49. The zero-order valence-corrected chi connectivity index (χ0v) is 16.7. The quantitative estimate of drug-likeness (QED) is 0.807. The Morgan fingerprint density at radius 1 is 1.26 bits per heavy atom. The number of halogens is 1. The molecule has 0 radical (unpaired) electrons. The van der Waals surface area contributed by atoms with E-state index >= 15 is 0 Å². The molecule has 0 aliphatic heterocycles. The van der Waals surface area contributed by atoms with Gasteiger partial charge in [0.05, 0.1) is 6.20 Å². The Morgan fingerprint density at radius 3 is 2.52 bits per heavy atom. The van der Waals surface area contributed by atoms with Crippen molar-refractivity contribution in [2.75, 3.05) is 6.54 Å². The summed E-state index contributed by atoms with van der Waals surface area (Å²) in [6.07, 6.45) is 1.63. The van der Waals surface area contributed by atoms with Crippen molar-refractivity contribution in [1.29, 1.82) is 0 Å².